The van der Waals surface area contributed by atoms with Gasteiger partial charge in [-0.25, -0.2) is 4.39 Å². The molecule has 3 heteroatoms. The van der Waals surface area contributed by atoms with Gasteiger partial charge < -0.3 is 4.90 Å². The molecule has 1 fully saturated rings. The van der Waals surface area contributed by atoms with E-state index in [1.807, 2.05) is 4.90 Å². The van der Waals surface area contributed by atoms with Gasteiger partial charge in [0.05, 0.1) is 5.54 Å². The molecule has 1 unspecified atom stereocenters. The molecule has 0 radical (unpaired) electrons. The van der Waals surface area contributed by atoms with Crippen LogP contribution < -0.4 is 4.90 Å². The largest absolute Gasteiger partial charge is 0.306 e. The van der Waals surface area contributed by atoms with Crippen molar-refractivity contribution < 1.29 is 9.18 Å². The van der Waals surface area contributed by atoms with Crippen molar-refractivity contribution in [3.63, 3.8) is 0 Å². The van der Waals surface area contributed by atoms with Crippen LogP contribution in [0.3, 0.4) is 0 Å². The number of amides is 1. The lowest BCUT2D eigenvalue weighted by atomic mass is 9.81. The minimum absolute atomic E-state index is 0.116. The summed E-state index contributed by atoms with van der Waals surface area (Å²) in [6, 6.07) is 6.24. The lowest BCUT2D eigenvalue weighted by Crippen LogP contribution is -2.48. The molecule has 1 atom stereocenters. The molecule has 98 valence electrons. The second-order valence-corrected chi connectivity index (χ2v) is 5.12. The van der Waals surface area contributed by atoms with E-state index in [0.717, 1.165) is 18.5 Å². The number of carbonyl (C=O) groups is 1. The molecule has 0 N–H and O–H groups in total. The van der Waals surface area contributed by atoms with Gasteiger partial charge >= 0.3 is 0 Å². The number of hydrogen-bond donors (Lipinski definition) is 0. The Kier molecular flexibility index (Phi) is 3.42. The zero-order valence-electron chi connectivity index (χ0n) is 11.2. The first-order chi connectivity index (χ1) is 8.55. The first-order valence-electron chi connectivity index (χ1n) is 6.63. The molecule has 0 bridgehead atoms. The third kappa shape index (κ3) is 1.82. The molecule has 0 spiro atoms. The van der Waals surface area contributed by atoms with Crippen molar-refractivity contribution in [2.75, 3.05) is 4.90 Å². The molecule has 1 aliphatic heterocycles. The molecular weight excluding hydrogens is 229 g/mol. The highest BCUT2D eigenvalue weighted by Gasteiger charge is 2.48. The van der Waals surface area contributed by atoms with Crippen LogP contribution in [0, 0.1) is 11.7 Å². The third-order valence-electron chi connectivity index (χ3n) is 4.40. The molecule has 2 rings (SSSR count). The Bertz CT molecular complexity index is 436. The summed E-state index contributed by atoms with van der Waals surface area (Å²) in [7, 11) is 0. The van der Waals surface area contributed by atoms with Gasteiger partial charge in [-0.1, -0.05) is 20.8 Å². The number of anilines is 1. The van der Waals surface area contributed by atoms with E-state index in [0.29, 0.717) is 12.3 Å². The Morgan fingerprint density at radius 3 is 2.33 bits per heavy atom. The summed E-state index contributed by atoms with van der Waals surface area (Å²) < 4.78 is 13.0. The summed E-state index contributed by atoms with van der Waals surface area (Å²) in [6.45, 7) is 6.37. The SMILES string of the molecule is CCC1(CC)C(C)CC(=O)N1c1ccc(F)cc1. The van der Waals surface area contributed by atoms with Gasteiger partial charge in [0.25, 0.3) is 0 Å². The van der Waals surface area contributed by atoms with Crippen LogP contribution in [0.5, 0.6) is 0 Å². The Morgan fingerprint density at radius 1 is 1.28 bits per heavy atom. The molecule has 18 heavy (non-hydrogen) atoms. The molecule has 1 saturated heterocycles. The normalized spacial score (nSPS) is 22.6. The second-order valence-electron chi connectivity index (χ2n) is 5.12. The fourth-order valence-corrected chi connectivity index (χ4v) is 3.27. The van der Waals surface area contributed by atoms with Crippen molar-refractivity contribution in [2.45, 2.75) is 45.6 Å². The molecule has 0 saturated carbocycles. The van der Waals surface area contributed by atoms with E-state index >= 15 is 0 Å². The molecule has 0 aromatic heterocycles. The van der Waals surface area contributed by atoms with Crippen LogP contribution in [-0.4, -0.2) is 11.4 Å². The summed E-state index contributed by atoms with van der Waals surface area (Å²) >= 11 is 0. The zero-order valence-corrected chi connectivity index (χ0v) is 11.2. The van der Waals surface area contributed by atoms with E-state index in [9.17, 15) is 9.18 Å². The zero-order chi connectivity index (χ0) is 13.3. The van der Waals surface area contributed by atoms with Gasteiger partial charge in [-0.2, -0.15) is 0 Å². The van der Waals surface area contributed by atoms with Crippen LogP contribution >= 0.6 is 0 Å². The van der Waals surface area contributed by atoms with Crippen LogP contribution in [0.2, 0.25) is 0 Å². The lowest BCUT2D eigenvalue weighted by Gasteiger charge is -2.40. The number of hydrogen-bond acceptors (Lipinski definition) is 1. The number of halogens is 1. The van der Waals surface area contributed by atoms with Crippen molar-refractivity contribution in [1.29, 1.82) is 0 Å². The molecule has 1 amide bonds. The summed E-state index contributed by atoms with van der Waals surface area (Å²) in [5, 5.41) is 0. The van der Waals surface area contributed by atoms with Gasteiger partial charge in [-0.3, -0.25) is 4.79 Å². The van der Waals surface area contributed by atoms with Crippen LogP contribution in [0.15, 0.2) is 24.3 Å². The number of rotatable bonds is 3. The highest BCUT2D eigenvalue weighted by Crippen LogP contribution is 2.43. The molecule has 1 aromatic carbocycles. The molecule has 1 heterocycles. The number of benzene rings is 1. The highest BCUT2D eigenvalue weighted by atomic mass is 19.1. The maximum atomic E-state index is 13.0. The predicted octanol–water partition coefficient (Wildman–Crippen LogP) is 3.76. The monoisotopic (exact) mass is 249 g/mol. The maximum absolute atomic E-state index is 13.0. The van der Waals surface area contributed by atoms with Gasteiger partial charge in [0.15, 0.2) is 0 Å². The van der Waals surface area contributed by atoms with E-state index in [1.54, 1.807) is 12.1 Å². The van der Waals surface area contributed by atoms with Crippen LogP contribution in [0.4, 0.5) is 10.1 Å². The third-order valence-corrected chi connectivity index (χ3v) is 4.40. The fraction of sp³-hybridized carbons (Fsp3) is 0.533. The maximum Gasteiger partial charge on any atom is 0.227 e. The Morgan fingerprint density at radius 2 is 1.83 bits per heavy atom. The molecule has 1 aliphatic rings. The van der Waals surface area contributed by atoms with Crippen molar-refractivity contribution in [2.24, 2.45) is 5.92 Å². The number of nitrogens with zero attached hydrogens (tertiary/aromatic N) is 1. The average Bonchev–Trinajstić information content (AvgIpc) is 2.62. The summed E-state index contributed by atoms with van der Waals surface area (Å²) in [6.07, 6.45) is 2.43. The van der Waals surface area contributed by atoms with Crippen molar-refractivity contribution in [3.05, 3.63) is 30.1 Å². The summed E-state index contributed by atoms with van der Waals surface area (Å²) in [4.78, 5) is 14.1. The molecule has 2 nitrogen and oxygen atoms in total. The Balaban J connectivity index is 2.46. The van der Waals surface area contributed by atoms with Crippen molar-refractivity contribution in [1.82, 2.24) is 0 Å². The molecule has 1 aromatic rings. The van der Waals surface area contributed by atoms with Crippen molar-refractivity contribution >= 4 is 11.6 Å². The average molecular weight is 249 g/mol. The first kappa shape index (κ1) is 13.1. The summed E-state index contributed by atoms with van der Waals surface area (Å²) in [5.74, 6) is 0.222. The standard InChI is InChI=1S/C15H20FNO/c1-4-15(5-2)11(3)10-14(18)17(15)13-8-6-12(16)7-9-13/h6-9,11H,4-5,10H2,1-3H3. The minimum Gasteiger partial charge on any atom is -0.306 e. The Hall–Kier alpha value is -1.38. The van der Waals surface area contributed by atoms with Gasteiger partial charge in [-0.15, -0.1) is 0 Å². The van der Waals surface area contributed by atoms with Gasteiger partial charge in [0.2, 0.25) is 5.91 Å². The predicted molar refractivity (Wildman–Crippen MR) is 71.0 cm³/mol. The minimum atomic E-state index is -0.267. The van der Waals surface area contributed by atoms with Crippen molar-refractivity contribution in [3.8, 4) is 0 Å². The van der Waals surface area contributed by atoms with Crippen LogP contribution in [0.1, 0.15) is 40.0 Å². The van der Waals surface area contributed by atoms with Crippen LogP contribution in [-0.2, 0) is 4.79 Å². The van der Waals surface area contributed by atoms with Gasteiger partial charge in [0, 0.05) is 12.1 Å². The molecule has 0 aliphatic carbocycles. The second kappa shape index (κ2) is 4.71. The van der Waals surface area contributed by atoms with E-state index in [1.165, 1.54) is 12.1 Å². The topological polar surface area (TPSA) is 20.3 Å². The van der Waals surface area contributed by atoms with E-state index in [2.05, 4.69) is 20.8 Å². The first-order valence-corrected chi connectivity index (χ1v) is 6.63. The lowest BCUT2D eigenvalue weighted by molar-refractivity contribution is -0.117. The number of carbonyl (C=O) groups excluding carboxylic acids is 1. The van der Waals surface area contributed by atoms with E-state index in [4.69, 9.17) is 0 Å². The van der Waals surface area contributed by atoms with Crippen LogP contribution in [0.25, 0.3) is 0 Å². The van der Waals surface area contributed by atoms with Gasteiger partial charge in [0.1, 0.15) is 5.82 Å². The highest BCUT2D eigenvalue weighted by molar-refractivity contribution is 5.97. The Labute approximate surface area is 108 Å². The van der Waals surface area contributed by atoms with Gasteiger partial charge in [-0.05, 0) is 43.0 Å². The van der Waals surface area contributed by atoms with E-state index in [-0.39, 0.29) is 17.3 Å². The molecular formula is C15H20FNO. The fourth-order valence-electron chi connectivity index (χ4n) is 3.27. The van der Waals surface area contributed by atoms with E-state index < -0.39 is 0 Å². The summed E-state index contributed by atoms with van der Waals surface area (Å²) in [5.41, 5.74) is 0.698. The quantitative estimate of drug-likeness (QED) is 0.798. The smallest absolute Gasteiger partial charge is 0.227 e.